The molecule has 2 aromatic rings. The van der Waals surface area contributed by atoms with Gasteiger partial charge in [-0.05, 0) is 64.9 Å². The molecule has 10 heteroatoms. The van der Waals surface area contributed by atoms with E-state index in [9.17, 15) is 14.9 Å². The number of carbonyl (C=O) groups is 1. The lowest BCUT2D eigenvalue weighted by atomic mass is 10.2. The van der Waals surface area contributed by atoms with Gasteiger partial charge in [-0.3, -0.25) is 20.2 Å². The van der Waals surface area contributed by atoms with E-state index in [1.165, 1.54) is 18.2 Å². The van der Waals surface area contributed by atoms with Crippen LogP contribution in [0.15, 0.2) is 40.9 Å². The number of thiocarbonyl (C=S) groups is 1. The molecule has 0 saturated carbocycles. The van der Waals surface area contributed by atoms with Crippen LogP contribution in [0.25, 0.3) is 0 Å². The molecule has 0 aliphatic carbocycles. The summed E-state index contributed by atoms with van der Waals surface area (Å²) in [6.45, 7) is 2.57. The van der Waals surface area contributed by atoms with Crippen molar-refractivity contribution >= 4 is 62.1 Å². The van der Waals surface area contributed by atoms with E-state index < -0.39 is 10.8 Å². The number of halogens is 2. The van der Waals surface area contributed by atoms with E-state index in [4.69, 9.17) is 28.6 Å². The summed E-state index contributed by atoms with van der Waals surface area (Å²) in [7, 11) is 0. The first-order chi connectivity index (χ1) is 12.8. The van der Waals surface area contributed by atoms with Crippen LogP contribution < -0.4 is 15.4 Å². The number of nitrogens with one attached hydrogen (secondary N) is 2. The van der Waals surface area contributed by atoms with E-state index in [0.717, 1.165) is 6.42 Å². The molecule has 0 aliphatic heterocycles. The fourth-order valence-corrected chi connectivity index (χ4v) is 2.93. The number of anilines is 1. The third-order valence-corrected chi connectivity index (χ3v) is 4.43. The van der Waals surface area contributed by atoms with Gasteiger partial charge in [0.15, 0.2) is 5.11 Å². The molecular formula is C17H15BrClN3O4S. The molecule has 0 unspecified atom stereocenters. The third kappa shape index (κ3) is 5.88. The van der Waals surface area contributed by atoms with Gasteiger partial charge in [0.2, 0.25) is 0 Å². The van der Waals surface area contributed by atoms with E-state index in [2.05, 4.69) is 26.6 Å². The second-order valence-corrected chi connectivity index (χ2v) is 6.99. The molecule has 27 heavy (non-hydrogen) atoms. The van der Waals surface area contributed by atoms with Crippen molar-refractivity contribution in [2.45, 2.75) is 13.3 Å². The first-order valence-corrected chi connectivity index (χ1v) is 9.38. The van der Waals surface area contributed by atoms with Crippen LogP contribution in [-0.2, 0) is 0 Å². The maximum atomic E-state index is 12.3. The molecule has 0 aromatic heterocycles. The zero-order valence-electron chi connectivity index (χ0n) is 14.1. The molecule has 2 aromatic carbocycles. The van der Waals surface area contributed by atoms with Gasteiger partial charge >= 0.3 is 0 Å². The monoisotopic (exact) mass is 471 g/mol. The zero-order chi connectivity index (χ0) is 20.0. The highest BCUT2D eigenvalue weighted by atomic mass is 79.9. The molecule has 0 spiro atoms. The average molecular weight is 473 g/mol. The Morgan fingerprint density at radius 3 is 2.70 bits per heavy atom. The lowest BCUT2D eigenvalue weighted by molar-refractivity contribution is -0.384. The Kier molecular flexibility index (Phi) is 7.52. The highest BCUT2D eigenvalue weighted by molar-refractivity contribution is 9.10. The topological polar surface area (TPSA) is 93.5 Å². The Morgan fingerprint density at radius 2 is 2.07 bits per heavy atom. The predicted molar refractivity (Wildman–Crippen MR) is 112 cm³/mol. The number of nitrogens with zero attached hydrogens (tertiary/aromatic N) is 1. The molecule has 0 fully saturated rings. The summed E-state index contributed by atoms with van der Waals surface area (Å²) < 4.78 is 6.19. The summed E-state index contributed by atoms with van der Waals surface area (Å²) in [5, 5.41) is 16.2. The number of nitro groups is 1. The molecule has 2 rings (SSSR count). The minimum absolute atomic E-state index is 0.000877. The molecule has 2 N–H and O–H groups in total. The molecule has 0 saturated heterocycles. The van der Waals surface area contributed by atoms with Crippen LogP contribution in [0.1, 0.15) is 23.7 Å². The number of benzene rings is 2. The maximum absolute atomic E-state index is 12.3. The van der Waals surface area contributed by atoms with Crippen molar-refractivity contribution in [3.05, 3.63) is 61.6 Å². The summed E-state index contributed by atoms with van der Waals surface area (Å²) in [5.74, 6) is 0.210. The number of nitro benzene ring substituents is 1. The predicted octanol–water partition coefficient (Wildman–Crippen LogP) is 4.93. The number of ether oxygens (including phenoxy) is 1. The Morgan fingerprint density at radius 1 is 1.33 bits per heavy atom. The Labute approximate surface area is 174 Å². The summed E-state index contributed by atoms with van der Waals surface area (Å²) in [6.07, 6.45) is 0.872. The number of rotatable bonds is 6. The Hall–Kier alpha value is -2.23. The summed E-state index contributed by atoms with van der Waals surface area (Å²) in [4.78, 5) is 22.6. The van der Waals surface area contributed by atoms with Crippen molar-refractivity contribution in [3.63, 3.8) is 0 Å². The van der Waals surface area contributed by atoms with E-state index in [1.807, 2.05) is 6.92 Å². The summed E-state index contributed by atoms with van der Waals surface area (Å²) in [6, 6.07) is 9.05. The van der Waals surface area contributed by atoms with E-state index in [1.54, 1.807) is 18.2 Å². The molecule has 0 aliphatic rings. The normalized spacial score (nSPS) is 10.2. The molecule has 0 radical (unpaired) electrons. The van der Waals surface area contributed by atoms with Crippen molar-refractivity contribution < 1.29 is 14.5 Å². The lowest BCUT2D eigenvalue weighted by Gasteiger charge is -2.11. The molecule has 142 valence electrons. The fourth-order valence-electron chi connectivity index (χ4n) is 2.04. The molecule has 1 amide bonds. The lowest BCUT2D eigenvalue weighted by Crippen LogP contribution is -2.34. The van der Waals surface area contributed by atoms with Gasteiger partial charge in [-0.2, -0.15) is 0 Å². The van der Waals surface area contributed by atoms with Crippen molar-refractivity contribution in [1.82, 2.24) is 5.32 Å². The SMILES string of the molecule is CCCOc1ccc(C(=O)NC(=S)Nc2ccc(Cl)c([N+](=O)[O-])c2)cc1Br. The summed E-state index contributed by atoms with van der Waals surface area (Å²) in [5.41, 5.74) is 0.445. The van der Waals surface area contributed by atoms with Crippen LogP contribution >= 0.6 is 39.7 Å². The van der Waals surface area contributed by atoms with E-state index in [-0.39, 0.29) is 15.8 Å². The van der Waals surface area contributed by atoms with Crippen LogP contribution in [0.5, 0.6) is 5.75 Å². The van der Waals surface area contributed by atoms with Crippen LogP contribution in [0, 0.1) is 10.1 Å². The molecule has 0 bridgehead atoms. The van der Waals surface area contributed by atoms with Crippen LogP contribution in [0.3, 0.4) is 0 Å². The average Bonchev–Trinajstić information content (AvgIpc) is 2.61. The third-order valence-electron chi connectivity index (χ3n) is 3.28. The van der Waals surface area contributed by atoms with E-state index >= 15 is 0 Å². The highest BCUT2D eigenvalue weighted by Crippen LogP contribution is 2.28. The second-order valence-electron chi connectivity index (χ2n) is 5.33. The van der Waals surface area contributed by atoms with Gasteiger partial charge in [0.1, 0.15) is 10.8 Å². The van der Waals surface area contributed by atoms with Gasteiger partial charge in [0, 0.05) is 17.3 Å². The maximum Gasteiger partial charge on any atom is 0.289 e. The minimum atomic E-state index is -0.602. The smallest absolute Gasteiger partial charge is 0.289 e. The van der Waals surface area contributed by atoms with Gasteiger partial charge < -0.3 is 10.1 Å². The molecule has 7 nitrogen and oxygen atoms in total. The van der Waals surface area contributed by atoms with Crippen molar-refractivity contribution in [2.75, 3.05) is 11.9 Å². The number of hydrogen-bond acceptors (Lipinski definition) is 5. The van der Waals surface area contributed by atoms with E-state index in [0.29, 0.717) is 28.1 Å². The number of carbonyl (C=O) groups excluding carboxylic acids is 1. The Bertz CT molecular complexity index is 894. The van der Waals surface area contributed by atoms with Crippen molar-refractivity contribution in [1.29, 1.82) is 0 Å². The summed E-state index contributed by atoms with van der Waals surface area (Å²) >= 11 is 14.2. The van der Waals surface area contributed by atoms with Crippen molar-refractivity contribution in [3.8, 4) is 5.75 Å². The molecular weight excluding hydrogens is 458 g/mol. The largest absolute Gasteiger partial charge is 0.492 e. The molecule has 0 atom stereocenters. The van der Waals surface area contributed by atoms with Crippen LogP contribution in [0.2, 0.25) is 5.02 Å². The molecule has 0 heterocycles. The van der Waals surface area contributed by atoms with Gasteiger partial charge in [-0.25, -0.2) is 0 Å². The van der Waals surface area contributed by atoms with Gasteiger partial charge in [0.05, 0.1) is 16.0 Å². The number of amides is 1. The number of hydrogen-bond donors (Lipinski definition) is 2. The Balaban J connectivity index is 2.03. The van der Waals surface area contributed by atoms with Gasteiger partial charge in [0.25, 0.3) is 11.6 Å². The first kappa shape index (κ1) is 21.1. The van der Waals surface area contributed by atoms with Crippen LogP contribution in [0.4, 0.5) is 11.4 Å². The van der Waals surface area contributed by atoms with Gasteiger partial charge in [-0.1, -0.05) is 18.5 Å². The zero-order valence-corrected chi connectivity index (χ0v) is 17.3. The minimum Gasteiger partial charge on any atom is -0.492 e. The van der Waals surface area contributed by atoms with Crippen LogP contribution in [-0.4, -0.2) is 22.5 Å². The van der Waals surface area contributed by atoms with Crippen molar-refractivity contribution in [2.24, 2.45) is 0 Å². The first-order valence-electron chi connectivity index (χ1n) is 7.80. The highest BCUT2D eigenvalue weighted by Gasteiger charge is 2.15. The standard InChI is InChI=1S/C17H15BrClN3O4S/c1-2-7-26-15-6-3-10(8-12(15)18)16(23)21-17(27)20-11-4-5-13(19)14(9-11)22(24)25/h3-6,8-9H,2,7H2,1H3,(H2,20,21,23,27). The second kappa shape index (κ2) is 9.63. The van der Waals surface area contributed by atoms with Gasteiger partial charge in [-0.15, -0.1) is 0 Å². The quantitative estimate of drug-likeness (QED) is 0.352. The fraction of sp³-hybridized carbons (Fsp3) is 0.176.